The molecular formula is C19H25BrN2O5. The number of benzene rings is 1. The number of esters is 1. The topological polar surface area (TPSA) is 129 Å². The molecule has 0 bridgehead atoms. The van der Waals surface area contributed by atoms with Crippen LogP contribution in [-0.2, 0) is 24.6 Å². The first-order chi connectivity index (χ1) is 13.0. The number of carbonyl (C=O) groups excluding carboxylic acids is 1. The zero-order chi connectivity index (χ0) is 20.6. The van der Waals surface area contributed by atoms with Crippen LogP contribution in [0, 0.1) is 0 Å². The Bertz CT molecular complexity index is 789. The average molecular weight is 441 g/mol. The fraction of sp³-hybridized carbons (Fsp3) is 0.316. The highest BCUT2D eigenvalue weighted by Crippen LogP contribution is 2.40. The second kappa shape index (κ2) is 10.9. The van der Waals surface area contributed by atoms with Crippen LogP contribution in [0.5, 0.6) is 0 Å². The average Bonchev–Trinajstić information content (AvgIpc) is 3.00. The molecule has 148 valence electrons. The molecule has 0 atom stereocenters. The van der Waals surface area contributed by atoms with E-state index in [2.05, 4.69) is 34.1 Å². The molecule has 0 saturated carbocycles. The van der Waals surface area contributed by atoms with E-state index < -0.39 is 5.97 Å². The maximum Gasteiger partial charge on any atom is 0.356 e. The van der Waals surface area contributed by atoms with E-state index in [-0.39, 0.29) is 31.3 Å². The maximum absolute atomic E-state index is 12.1. The molecule has 0 fully saturated rings. The van der Waals surface area contributed by atoms with Crippen molar-refractivity contribution in [1.82, 2.24) is 4.98 Å². The summed E-state index contributed by atoms with van der Waals surface area (Å²) in [5.41, 5.74) is 8.66. The highest BCUT2D eigenvalue weighted by molar-refractivity contribution is 9.10. The number of hydrogen-bond donors (Lipinski definition) is 5. The van der Waals surface area contributed by atoms with Gasteiger partial charge >= 0.3 is 5.97 Å². The van der Waals surface area contributed by atoms with Gasteiger partial charge in [0.1, 0.15) is 11.5 Å². The fourth-order valence-electron chi connectivity index (χ4n) is 2.67. The summed E-state index contributed by atoms with van der Waals surface area (Å²) in [6, 6.07) is 3.33. The molecule has 1 heterocycles. The fourth-order valence-corrected chi connectivity index (χ4v) is 3.36. The zero-order valence-electron chi connectivity index (χ0n) is 15.2. The molecule has 0 aliphatic heterocycles. The van der Waals surface area contributed by atoms with E-state index in [9.17, 15) is 20.1 Å². The molecule has 6 N–H and O–H groups in total. The zero-order valence-corrected chi connectivity index (χ0v) is 16.8. The SMILES string of the molecule is C=C.CCCOC(=O)c1[nH]c(N)c(-c2ccc(CO)c(CO)c2CO)c1Br. The van der Waals surface area contributed by atoms with Crippen molar-refractivity contribution in [2.75, 3.05) is 12.3 Å². The molecule has 0 aliphatic rings. The van der Waals surface area contributed by atoms with Crippen molar-refractivity contribution in [2.45, 2.75) is 33.2 Å². The monoisotopic (exact) mass is 440 g/mol. The molecule has 27 heavy (non-hydrogen) atoms. The number of anilines is 1. The van der Waals surface area contributed by atoms with Crippen molar-refractivity contribution in [3.05, 3.63) is 52.1 Å². The van der Waals surface area contributed by atoms with Crippen molar-refractivity contribution in [3.8, 4) is 11.1 Å². The number of hydrogen-bond acceptors (Lipinski definition) is 6. The van der Waals surface area contributed by atoms with E-state index in [0.717, 1.165) is 0 Å². The molecule has 0 spiro atoms. The molecule has 0 unspecified atom stereocenters. The van der Waals surface area contributed by atoms with E-state index in [0.29, 0.717) is 45.3 Å². The molecular weight excluding hydrogens is 416 g/mol. The number of nitrogens with two attached hydrogens (primary N) is 1. The first-order valence-corrected chi connectivity index (χ1v) is 9.09. The van der Waals surface area contributed by atoms with Gasteiger partial charge in [-0.3, -0.25) is 0 Å². The van der Waals surface area contributed by atoms with Crippen LogP contribution in [-0.4, -0.2) is 32.9 Å². The van der Waals surface area contributed by atoms with E-state index in [4.69, 9.17) is 10.5 Å². The number of halogens is 1. The number of nitrogens with one attached hydrogen (secondary N) is 1. The van der Waals surface area contributed by atoms with Crippen molar-refractivity contribution in [2.24, 2.45) is 0 Å². The van der Waals surface area contributed by atoms with Crippen molar-refractivity contribution in [1.29, 1.82) is 0 Å². The summed E-state index contributed by atoms with van der Waals surface area (Å²) in [4.78, 5) is 14.9. The lowest BCUT2D eigenvalue weighted by molar-refractivity contribution is 0.0498. The van der Waals surface area contributed by atoms with E-state index in [1.54, 1.807) is 12.1 Å². The number of ether oxygens (including phenoxy) is 1. The quantitative estimate of drug-likeness (QED) is 0.332. The Hall–Kier alpha value is -2.13. The summed E-state index contributed by atoms with van der Waals surface area (Å²) >= 11 is 3.37. The smallest absolute Gasteiger partial charge is 0.356 e. The molecule has 0 aliphatic carbocycles. The Morgan fingerprint density at radius 3 is 2.33 bits per heavy atom. The molecule has 2 aromatic rings. The predicted octanol–water partition coefficient (Wildman–Crippen LogP) is 2.87. The molecule has 0 saturated heterocycles. The van der Waals surface area contributed by atoms with Gasteiger partial charge in [-0.15, -0.1) is 13.2 Å². The summed E-state index contributed by atoms with van der Waals surface area (Å²) in [5.74, 6) is -0.308. The molecule has 8 heteroatoms. The highest BCUT2D eigenvalue weighted by atomic mass is 79.9. The van der Waals surface area contributed by atoms with Gasteiger partial charge in [0.15, 0.2) is 0 Å². The molecule has 0 radical (unpaired) electrons. The first kappa shape index (κ1) is 22.9. The molecule has 7 nitrogen and oxygen atoms in total. The Balaban J connectivity index is 0.00000176. The second-order valence-electron chi connectivity index (χ2n) is 5.44. The highest BCUT2D eigenvalue weighted by Gasteiger charge is 2.24. The predicted molar refractivity (Wildman–Crippen MR) is 108 cm³/mol. The summed E-state index contributed by atoms with van der Waals surface area (Å²) in [5, 5.41) is 28.8. The minimum absolute atomic E-state index is 0.182. The normalized spacial score (nSPS) is 10.3. The third-order valence-corrected chi connectivity index (χ3v) is 4.69. The molecule has 1 aromatic heterocycles. The van der Waals surface area contributed by atoms with Gasteiger partial charge in [0.25, 0.3) is 0 Å². The summed E-state index contributed by atoms with van der Waals surface area (Å²) in [7, 11) is 0. The number of aromatic nitrogens is 1. The van der Waals surface area contributed by atoms with Gasteiger partial charge < -0.3 is 30.8 Å². The second-order valence-corrected chi connectivity index (χ2v) is 6.24. The number of rotatable bonds is 7. The van der Waals surface area contributed by atoms with E-state index >= 15 is 0 Å². The number of H-pyrrole nitrogens is 1. The van der Waals surface area contributed by atoms with Crippen LogP contribution in [0.2, 0.25) is 0 Å². The Morgan fingerprint density at radius 1 is 1.19 bits per heavy atom. The Kier molecular flexibility index (Phi) is 9.23. The number of aliphatic hydroxyl groups excluding tert-OH is 3. The number of aromatic amines is 1. The third-order valence-electron chi connectivity index (χ3n) is 3.89. The number of nitrogen functional groups attached to an aromatic ring is 1. The standard InChI is InChI=1S/C17H21BrN2O5.C2H4/c1-2-5-25-17(24)15-14(18)13(16(19)20-15)10-4-3-9(6-21)11(7-22)12(10)8-23;1-2/h3-4,20-23H,2,5-8,19H2,1H3;1-2H2. The van der Waals surface area contributed by atoms with E-state index in [1.807, 2.05) is 6.92 Å². The minimum Gasteiger partial charge on any atom is -0.461 e. The number of aliphatic hydroxyl groups is 3. The van der Waals surface area contributed by atoms with Crippen LogP contribution in [0.25, 0.3) is 11.1 Å². The molecule has 2 rings (SSSR count). The van der Waals surface area contributed by atoms with Gasteiger partial charge in [-0.05, 0) is 44.6 Å². The molecule has 0 amide bonds. The van der Waals surface area contributed by atoms with Crippen LogP contribution in [0.4, 0.5) is 5.82 Å². The van der Waals surface area contributed by atoms with Crippen LogP contribution in [0.15, 0.2) is 29.8 Å². The van der Waals surface area contributed by atoms with Crippen molar-refractivity contribution in [3.63, 3.8) is 0 Å². The van der Waals surface area contributed by atoms with Gasteiger partial charge in [0.05, 0.1) is 30.9 Å². The van der Waals surface area contributed by atoms with E-state index in [1.165, 1.54) is 0 Å². The van der Waals surface area contributed by atoms with Gasteiger partial charge in [0.2, 0.25) is 0 Å². The third kappa shape index (κ3) is 4.78. The maximum atomic E-state index is 12.1. The largest absolute Gasteiger partial charge is 0.461 e. The van der Waals surface area contributed by atoms with Gasteiger partial charge in [-0.1, -0.05) is 19.1 Å². The lowest BCUT2D eigenvalue weighted by Crippen LogP contribution is -2.07. The Labute approximate surface area is 166 Å². The summed E-state index contributed by atoms with van der Waals surface area (Å²) in [6.45, 7) is 7.23. The summed E-state index contributed by atoms with van der Waals surface area (Å²) < 4.78 is 5.54. The molecule has 1 aromatic carbocycles. The van der Waals surface area contributed by atoms with Crippen LogP contribution >= 0.6 is 15.9 Å². The van der Waals surface area contributed by atoms with Crippen molar-refractivity contribution >= 4 is 27.7 Å². The lowest BCUT2D eigenvalue weighted by Gasteiger charge is -2.15. The van der Waals surface area contributed by atoms with Crippen LogP contribution in [0.1, 0.15) is 40.5 Å². The van der Waals surface area contributed by atoms with Gasteiger partial charge in [-0.2, -0.15) is 0 Å². The van der Waals surface area contributed by atoms with Crippen molar-refractivity contribution < 1.29 is 24.9 Å². The van der Waals surface area contributed by atoms with Gasteiger partial charge in [-0.25, -0.2) is 4.79 Å². The Morgan fingerprint density at radius 2 is 1.81 bits per heavy atom. The summed E-state index contributed by atoms with van der Waals surface area (Å²) in [6.07, 6.45) is 0.698. The van der Waals surface area contributed by atoms with Crippen LogP contribution in [0.3, 0.4) is 0 Å². The first-order valence-electron chi connectivity index (χ1n) is 8.30. The minimum atomic E-state index is -0.536. The lowest BCUT2D eigenvalue weighted by atomic mass is 9.93. The number of carbonyl (C=O) groups is 1. The van der Waals surface area contributed by atoms with Gasteiger partial charge in [0, 0.05) is 5.56 Å². The van der Waals surface area contributed by atoms with Crippen LogP contribution < -0.4 is 5.73 Å².